The maximum Gasteiger partial charge on any atom is 0.194 e. The number of aromatic nitrogens is 2. The van der Waals surface area contributed by atoms with Gasteiger partial charge in [0.15, 0.2) is 11.2 Å². The van der Waals surface area contributed by atoms with Crippen molar-refractivity contribution in [3.05, 3.63) is 22.5 Å². The number of aldehydes is 1. The molecule has 0 N–H and O–H groups in total. The first-order chi connectivity index (χ1) is 6.95. The highest BCUT2D eigenvalue weighted by Crippen LogP contribution is 2.28. The van der Waals surface area contributed by atoms with E-state index in [2.05, 4.69) is 25.8 Å². The fraction of sp³-hybridized carbons (Fsp3) is 0.455. The van der Waals surface area contributed by atoms with Crippen LogP contribution in [-0.4, -0.2) is 15.7 Å². The number of thiazole rings is 1. The minimum absolute atomic E-state index is 0.0889. The maximum absolute atomic E-state index is 11.1. The summed E-state index contributed by atoms with van der Waals surface area (Å²) in [5, 5.41) is 2.02. The molecule has 0 radical (unpaired) electrons. The smallest absolute Gasteiger partial charge is 0.194 e. The molecule has 0 fully saturated rings. The van der Waals surface area contributed by atoms with Crippen molar-refractivity contribution in [3.8, 4) is 0 Å². The molecule has 0 aliphatic heterocycles. The lowest BCUT2D eigenvalue weighted by atomic mass is 9.91. The van der Waals surface area contributed by atoms with E-state index < -0.39 is 0 Å². The normalized spacial score (nSPS) is 12.3. The lowest BCUT2D eigenvalue weighted by Gasteiger charge is -2.15. The lowest BCUT2D eigenvalue weighted by Crippen LogP contribution is -2.14. The van der Waals surface area contributed by atoms with Crippen LogP contribution in [0.15, 0.2) is 5.38 Å². The maximum atomic E-state index is 11.1. The van der Waals surface area contributed by atoms with Crippen LogP contribution in [0.1, 0.15) is 42.6 Å². The van der Waals surface area contributed by atoms with Crippen LogP contribution < -0.4 is 0 Å². The summed E-state index contributed by atoms with van der Waals surface area (Å²) in [6, 6.07) is 0. The first-order valence-corrected chi connectivity index (χ1v) is 5.75. The Bertz CT molecular complexity index is 516. The van der Waals surface area contributed by atoms with Gasteiger partial charge in [0.2, 0.25) is 0 Å². The fourth-order valence-corrected chi connectivity index (χ4v) is 2.56. The molecule has 0 aliphatic carbocycles. The van der Waals surface area contributed by atoms with Gasteiger partial charge in [-0.25, -0.2) is 4.98 Å². The van der Waals surface area contributed by atoms with Gasteiger partial charge in [-0.05, 0) is 6.92 Å². The Morgan fingerprint density at radius 1 is 1.47 bits per heavy atom. The van der Waals surface area contributed by atoms with Gasteiger partial charge in [0.25, 0.3) is 0 Å². The molecule has 80 valence electrons. The highest BCUT2D eigenvalue weighted by Gasteiger charge is 2.24. The number of imidazole rings is 1. The molecule has 0 aromatic carbocycles. The number of aryl methyl sites for hydroxylation is 1. The van der Waals surface area contributed by atoms with Gasteiger partial charge in [0, 0.05) is 16.5 Å². The highest BCUT2D eigenvalue weighted by molar-refractivity contribution is 7.15. The topological polar surface area (TPSA) is 34.4 Å². The zero-order valence-corrected chi connectivity index (χ0v) is 10.2. The van der Waals surface area contributed by atoms with Gasteiger partial charge < -0.3 is 0 Å². The lowest BCUT2D eigenvalue weighted by molar-refractivity contribution is 0.111. The Kier molecular flexibility index (Phi) is 2.19. The van der Waals surface area contributed by atoms with Crippen molar-refractivity contribution in [1.29, 1.82) is 0 Å². The van der Waals surface area contributed by atoms with Gasteiger partial charge in [-0.1, -0.05) is 20.8 Å². The van der Waals surface area contributed by atoms with Crippen LogP contribution in [0.25, 0.3) is 4.96 Å². The van der Waals surface area contributed by atoms with E-state index in [0.29, 0.717) is 5.69 Å². The van der Waals surface area contributed by atoms with Crippen molar-refractivity contribution < 1.29 is 4.79 Å². The number of fused-ring (bicyclic) bond motifs is 1. The molecule has 0 aliphatic rings. The predicted octanol–water partition coefficient (Wildman–Crippen LogP) is 2.81. The second kappa shape index (κ2) is 3.17. The largest absolute Gasteiger partial charge is 0.296 e. The van der Waals surface area contributed by atoms with Crippen LogP contribution in [0.5, 0.6) is 0 Å². The van der Waals surface area contributed by atoms with Crippen LogP contribution in [0.3, 0.4) is 0 Å². The molecule has 0 amide bonds. The monoisotopic (exact) mass is 222 g/mol. The van der Waals surface area contributed by atoms with E-state index in [1.165, 1.54) is 0 Å². The van der Waals surface area contributed by atoms with E-state index in [0.717, 1.165) is 22.6 Å². The summed E-state index contributed by atoms with van der Waals surface area (Å²) in [5.41, 5.74) is 2.55. The first kappa shape index (κ1) is 10.4. The number of nitrogens with zero attached hydrogens (tertiary/aromatic N) is 2. The Morgan fingerprint density at radius 3 is 2.67 bits per heavy atom. The van der Waals surface area contributed by atoms with Crippen molar-refractivity contribution >= 4 is 22.6 Å². The zero-order chi connectivity index (χ0) is 11.2. The Morgan fingerprint density at radius 2 is 2.13 bits per heavy atom. The van der Waals surface area contributed by atoms with E-state index in [-0.39, 0.29) is 5.41 Å². The third-order valence-corrected chi connectivity index (χ3v) is 3.34. The Hall–Kier alpha value is -1.16. The van der Waals surface area contributed by atoms with Crippen molar-refractivity contribution in [3.63, 3.8) is 0 Å². The van der Waals surface area contributed by atoms with Crippen molar-refractivity contribution in [2.45, 2.75) is 33.1 Å². The molecule has 2 heterocycles. The van der Waals surface area contributed by atoms with E-state index in [1.54, 1.807) is 11.3 Å². The van der Waals surface area contributed by atoms with E-state index in [4.69, 9.17) is 0 Å². The molecule has 0 saturated heterocycles. The SMILES string of the molecule is Cc1csc2nc(C(C)(C)C)c(C=O)n12. The van der Waals surface area contributed by atoms with Gasteiger partial charge in [-0.15, -0.1) is 11.3 Å². The standard InChI is InChI=1S/C11H14N2OS/c1-7-6-15-10-12-9(11(2,3)4)8(5-14)13(7)10/h5-6H,1-4H3. The molecule has 0 saturated carbocycles. The summed E-state index contributed by atoms with van der Waals surface area (Å²) in [7, 11) is 0. The molecule has 3 nitrogen and oxygen atoms in total. The summed E-state index contributed by atoms with van der Waals surface area (Å²) in [4.78, 5) is 16.6. The molecular formula is C11H14N2OS. The van der Waals surface area contributed by atoms with Gasteiger partial charge in [-0.2, -0.15) is 0 Å². The number of hydrogen-bond donors (Lipinski definition) is 0. The number of hydrogen-bond acceptors (Lipinski definition) is 3. The Labute approximate surface area is 92.8 Å². The van der Waals surface area contributed by atoms with Crippen LogP contribution in [0, 0.1) is 6.92 Å². The molecular weight excluding hydrogens is 208 g/mol. The molecule has 15 heavy (non-hydrogen) atoms. The summed E-state index contributed by atoms with van der Waals surface area (Å²) < 4.78 is 1.93. The van der Waals surface area contributed by atoms with Gasteiger partial charge in [0.1, 0.15) is 5.69 Å². The predicted molar refractivity (Wildman–Crippen MR) is 61.9 cm³/mol. The summed E-state index contributed by atoms with van der Waals surface area (Å²) in [5.74, 6) is 0. The van der Waals surface area contributed by atoms with Crippen LogP contribution in [0.2, 0.25) is 0 Å². The molecule has 0 unspecified atom stereocenters. The number of rotatable bonds is 1. The zero-order valence-electron chi connectivity index (χ0n) is 9.37. The third-order valence-electron chi connectivity index (χ3n) is 2.39. The molecule has 2 aromatic heterocycles. The first-order valence-electron chi connectivity index (χ1n) is 4.87. The van der Waals surface area contributed by atoms with E-state index in [1.807, 2.05) is 16.7 Å². The highest BCUT2D eigenvalue weighted by atomic mass is 32.1. The molecule has 0 spiro atoms. The van der Waals surface area contributed by atoms with Crippen LogP contribution in [-0.2, 0) is 5.41 Å². The molecule has 0 atom stereocenters. The summed E-state index contributed by atoms with van der Waals surface area (Å²) >= 11 is 1.57. The average molecular weight is 222 g/mol. The Balaban J connectivity index is 2.82. The second-order valence-corrected chi connectivity index (χ2v) is 5.55. The van der Waals surface area contributed by atoms with Crippen molar-refractivity contribution in [1.82, 2.24) is 9.38 Å². The number of carbonyl (C=O) groups is 1. The van der Waals surface area contributed by atoms with E-state index in [9.17, 15) is 4.79 Å². The van der Waals surface area contributed by atoms with E-state index >= 15 is 0 Å². The quantitative estimate of drug-likeness (QED) is 0.695. The fourth-order valence-electron chi connectivity index (χ4n) is 1.68. The van der Waals surface area contributed by atoms with Crippen molar-refractivity contribution in [2.75, 3.05) is 0 Å². The molecule has 2 rings (SSSR count). The van der Waals surface area contributed by atoms with Crippen LogP contribution >= 0.6 is 11.3 Å². The third kappa shape index (κ3) is 1.49. The molecule has 4 heteroatoms. The number of carbonyl (C=O) groups excluding carboxylic acids is 1. The van der Waals surface area contributed by atoms with Crippen LogP contribution in [0.4, 0.5) is 0 Å². The minimum Gasteiger partial charge on any atom is -0.296 e. The summed E-state index contributed by atoms with van der Waals surface area (Å²) in [6.07, 6.45) is 0.903. The van der Waals surface area contributed by atoms with Gasteiger partial charge >= 0.3 is 0 Å². The molecule has 2 aromatic rings. The summed E-state index contributed by atoms with van der Waals surface area (Å²) in [6.45, 7) is 8.20. The van der Waals surface area contributed by atoms with Gasteiger partial charge in [-0.3, -0.25) is 9.20 Å². The average Bonchev–Trinajstić information content (AvgIpc) is 2.65. The molecule has 0 bridgehead atoms. The van der Waals surface area contributed by atoms with Gasteiger partial charge in [0.05, 0.1) is 5.69 Å². The van der Waals surface area contributed by atoms with Crippen molar-refractivity contribution in [2.24, 2.45) is 0 Å². The second-order valence-electron chi connectivity index (χ2n) is 4.71. The minimum atomic E-state index is -0.0889.